The maximum atomic E-state index is 12.6. The van der Waals surface area contributed by atoms with E-state index in [4.69, 9.17) is 0 Å². The van der Waals surface area contributed by atoms with E-state index in [0.717, 1.165) is 29.9 Å². The van der Waals surface area contributed by atoms with Crippen LogP contribution in [0, 0.1) is 0 Å². The highest BCUT2D eigenvalue weighted by atomic mass is 32.1. The lowest BCUT2D eigenvalue weighted by molar-refractivity contribution is -0.122. The Morgan fingerprint density at radius 1 is 1.03 bits per heavy atom. The minimum atomic E-state index is 0.0185. The van der Waals surface area contributed by atoms with Crippen LogP contribution in [0.4, 0.5) is 0 Å². The summed E-state index contributed by atoms with van der Waals surface area (Å²) in [7, 11) is 0. The minimum Gasteiger partial charge on any atom is -0.355 e. The highest BCUT2D eigenvalue weighted by Gasteiger charge is 2.21. The van der Waals surface area contributed by atoms with Crippen molar-refractivity contribution < 1.29 is 9.59 Å². The van der Waals surface area contributed by atoms with E-state index in [2.05, 4.69) is 26.3 Å². The Bertz CT molecular complexity index is 974. The number of carbonyl (C=O) groups is 2. The molecule has 1 N–H and O–H groups in total. The van der Waals surface area contributed by atoms with Crippen LogP contribution in [0.2, 0.25) is 0 Å². The van der Waals surface area contributed by atoms with Crippen molar-refractivity contribution in [3.05, 3.63) is 59.4 Å². The van der Waals surface area contributed by atoms with Gasteiger partial charge >= 0.3 is 0 Å². The van der Waals surface area contributed by atoms with E-state index in [0.29, 0.717) is 38.3 Å². The summed E-state index contributed by atoms with van der Waals surface area (Å²) in [6, 6.07) is 11.6. The molecule has 2 aromatic heterocycles. The molecular formula is C22H25N5O2S. The predicted octanol–water partition coefficient (Wildman–Crippen LogP) is 2.20. The van der Waals surface area contributed by atoms with Gasteiger partial charge in [0.05, 0.1) is 21.8 Å². The van der Waals surface area contributed by atoms with Crippen molar-refractivity contribution in [1.82, 2.24) is 25.1 Å². The molecule has 0 aliphatic carbocycles. The summed E-state index contributed by atoms with van der Waals surface area (Å²) in [5.41, 5.74) is 1.67. The van der Waals surface area contributed by atoms with Crippen LogP contribution in [-0.2, 0) is 11.2 Å². The highest BCUT2D eigenvalue weighted by molar-refractivity contribution is 7.18. The number of nitrogens with one attached hydrogen (secondary N) is 1. The Kier molecular flexibility index (Phi) is 6.66. The summed E-state index contributed by atoms with van der Waals surface area (Å²) in [4.78, 5) is 37.5. The van der Waals surface area contributed by atoms with Crippen LogP contribution in [0.3, 0.4) is 0 Å². The molecule has 3 aromatic rings. The fourth-order valence-electron chi connectivity index (χ4n) is 3.60. The second-order valence-corrected chi connectivity index (χ2v) is 8.45. The number of thiazole rings is 1. The summed E-state index contributed by atoms with van der Waals surface area (Å²) < 4.78 is 1.18. The van der Waals surface area contributed by atoms with Gasteiger partial charge in [0.25, 0.3) is 5.91 Å². The Morgan fingerprint density at radius 2 is 1.87 bits per heavy atom. The number of hydrogen-bond acceptors (Lipinski definition) is 6. The molecule has 30 heavy (non-hydrogen) atoms. The molecule has 1 saturated heterocycles. The van der Waals surface area contributed by atoms with Crippen molar-refractivity contribution in [3.63, 3.8) is 0 Å². The minimum absolute atomic E-state index is 0.0185. The topological polar surface area (TPSA) is 78.4 Å². The van der Waals surface area contributed by atoms with Crippen molar-refractivity contribution in [1.29, 1.82) is 0 Å². The Labute approximate surface area is 179 Å². The van der Waals surface area contributed by atoms with Gasteiger partial charge in [-0.1, -0.05) is 12.1 Å². The average Bonchev–Trinajstić information content (AvgIpc) is 3.04. The zero-order valence-corrected chi connectivity index (χ0v) is 17.6. The number of pyridine rings is 1. The number of para-hydroxylation sites is 1. The van der Waals surface area contributed by atoms with E-state index >= 15 is 0 Å². The number of aromatic nitrogens is 2. The quantitative estimate of drug-likeness (QED) is 0.658. The van der Waals surface area contributed by atoms with Crippen LogP contribution in [0.25, 0.3) is 10.2 Å². The molecule has 2 amide bonds. The second-order valence-electron chi connectivity index (χ2n) is 7.33. The van der Waals surface area contributed by atoms with Crippen molar-refractivity contribution in [3.8, 4) is 0 Å². The van der Waals surface area contributed by atoms with Gasteiger partial charge in [-0.25, -0.2) is 4.98 Å². The van der Waals surface area contributed by atoms with E-state index in [-0.39, 0.29) is 11.8 Å². The van der Waals surface area contributed by atoms with Gasteiger partial charge in [0.2, 0.25) is 5.91 Å². The lowest BCUT2D eigenvalue weighted by Gasteiger charge is -2.21. The van der Waals surface area contributed by atoms with E-state index < -0.39 is 0 Å². The largest absolute Gasteiger partial charge is 0.355 e. The van der Waals surface area contributed by atoms with Crippen molar-refractivity contribution >= 4 is 33.4 Å². The molecule has 0 bridgehead atoms. The molecule has 8 heteroatoms. The summed E-state index contributed by atoms with van der Waals surface area (Å²) >= 11 is 1.67. The van der Waals surface area contributed by atoms with Gasteiger partial charge in [0.1, 0.15) is 0 Å². The highest BCUT2D eigenvalue weighted by Crippen LogP contribution is 2.21. The zero-order valence-electron chi connectivity index (χ0n) is 16.8. The van der Waals surface area contributed by atoms with E-state index in [9.17, 15) is 9.59 Å². The Morgan fingerprint density at radius 3 is 2.70 bits per heavy atom. The Hall–Kier alpha value is -2.84. The summed E-state index contributed by atoms with van der Waals surface area (Å²) in [6.45, 7) is 3.78. The Balaban J connectivity index is 1.21. The number of amides is 2. The second kappa shape index (κ2) is 9.77. The fraction of sp³-hybridized carbons (Fsp3) is 0.364. The first-order chi connectivity index (χ1) is 14.7. The van der Waals surface area contributed by atoms with Crippen LogP contribution in [-0.4, -0.2) is 70.9 Å². The fourth-order valence-corrected chi connectivity index (χ4v) is 4.57. The molecule has 4 rings (SSSR count). The molecule has 7 nitrogen and oxygen atoms in total. The summed E-state index contributed by atoms with van der Waals surface area (Å²) in [5, 5.41) is 4.04. The molecule has 1 fully saturated rings. The molecule has 1 aliphatic heterocycles. The van der Waals surface area contributed by atoms with Gasteiger partial charge in [0.15, 0.2) is 0 Å². The van der Waals surface area contributed by atoms with E-state index in [1.54, 1.807) is 35.9 Å². The first-order valence-corrected chi connectivity index (χ1v) is 11.0. The number of rotatable bonds is 6. The maximum Gasteiger partial charge on any atom is 0.254 e. The molecule has 156 valence electrons. The molecule has 1 aromatic carbocycles. The standard InChI is InChI=1S/C22H25N5O2S/c28-20(24-11-8-21-25-18-4-1-2-5-19(18)30-21)16-26-12-3-13-27(15-14-26)22(29)17-6-9-23-10-7-17/h1-2,4-7,9-10H,3,8,11-16H2,(H,24,28). The van der Waals surface area contributed by atoms with Crippen molar-refractivity contribution in [2.75, 3.05) is 39.3 Å². The third-order valence-corrected chi connectivity index (χ3v) is 6.27. The smallest absolute Gasteiger partial charge is 0.254 e. The lowest BCUT2D eigenvalue weighted by Crippen LogP contribution is -2.40. The number of hydrogen-bond donors (Lipinski definition) is 1. The van der Waals surface area contributed by atoms with Crippen LogP contribution in [0.15, 0.2) is 48.8 Å². The molecule has 1 aliphatic rings. The normalized spacial score (nSPS) is 15.1. The van der Waals surface area contributed by atoms with Crippen LogP contribution in [0.1, 0.15) is 21.8 Å². The zero-order chi connectivity index (χ0) is 20.8. The molecular weight excluding hydrogens is 398 g/mol. The summed E-state index contributed by atoms with van der Waals surface area (Å²) in [5.74, 6) is 0.0459. The van der Waals surface area contributed by atoms with Gasteiger partial charge < -0.3 is 10.2 Å². The third kappa shape index (κ3) is 5.20. The van der Waals surface area contributed by atoms with Gasteiger partial charge in [-0.15, -0.1) is 11.3 Å². The summed E-state index contributed by atoms with van der Waals surface area (Å²) in [6.07, 6.45) is 4.86. The third-order valence-electron chi connectivity index (χ3n) is 5.17. The predicted molar refractivity (Wildman–Crippen MR) is 118 cm³/mol. The number of carbonyl (C=O) groups excluding carboxylic acids is 2. The van der Waals surface area contributed by atoms with Gasteiger partial charge in [-0.05, 0) is 30.7 Å². The van der Waals surface area contributed by atoms with E-state index in [1.165, 1.54) is 4.70 Å². The number of fused-ring (bicyclic) bond motifs is 1. The van der Waals surface area contributed by atoms with Gasteiger partial charge in [-0.3, -0.25) is 19.5 Å². The van der Waals surface area contributed by atoms with Crippen LogP contribution < -0.4 is 5.32 Å². The SMILES string of the molecule is O=C(CN1CCCN(C(=O)c2ccncc2)CC1)NCCc1nc2ccccc2s1. The molecule has 3 heterocycles. The average molecular weight is 424 g/mol. The van der Waals surface area contributed by atoms with Crippen molar-refractivity contribution in [2.24, 2.45) is 0 Å². The van der Waals surface area contributed by atoms with Crippen LogP contribution in [0.5, 0.6) is 0 Å². The molecule has 0 unspecified atom stereocenters. The number of benzene rings is 1. The first kappa shape index (κ1) is 20.4. The first-order valence-electron chi connectivity index (χ1n) is 10.2. The monoisotopic (exact) mass is 423 g/mol. The molecule has 0 atom stereocenters. The molecule has 0 saturated carbocycles. The van der Waals surface area contributed by atoms with Gasteiger partial charge in [0, 0.05) is 57.1 Å². The lowest BCUT2D eigenvalue weighted by atomic mass is 10.2. The molecule has 0 spiro atoms. The molecule has 0 radical (unpaired) electrons. The number of nitrogens with zero attached hydrogens (tertiary/aromatic N) is 4. The van der Waals surface area contributed by atoms with E-state index in [1.807, 2.05) is 23.1 Å². The van der Waals surface area contributed by atoms with Crippen LogP contribution >= 0.6 is 11.3 Å². The van der Waals surface area contributed by atoms with Crippen molar-refractivity contribution in [2.45, 2.75) is 12.8 Å². The maximum absolute atomic E-state index is 12.6. The van der Waals surface area contributed by atoms with Gasteiger partial charge in [-0.2, -0.15) is 0 Å².